The van der Waals surface area contributed by atoms with Crippen LogP contribution in [0, 0.1) is 0 Å². The number of rotatable bonds is 12. The van der Waals surface area contributed by atoms with Gasteiger partial charge in [0.2, 0.25) is 11.8 Å². The Morgan fingerprint density at radius 3 is 2.05 bits per heavy atom. The molecule has 0 spiro atoms. The van der Waals surface area contributed by atoms with Gasteiger partial charge in [0.05, 0.1) is 33.4 Å². The monoisotopic (exact) mass is 809 g/mol. The number of halogens is 3. The van der Waals surface area contributed by atoms with Crippen LogP contribution in [0.5, 0.6) is 5.75 Å². The maximum atomic E-state index is 13.3. The van der Waals surface area contributed by atoms with Crippen LogP contribution in [0.2, 0.25) is 15.1 Å². The van der Waals surface area contributed by atoms with Crippen molar-refractivity contribution >= 4 is 63.2 Å². The topological polar surface area (TPSA) is 139 Å². The smallest absolute Gasteiger partial charge is 0.262 e. The van der Waals surface area contributed by atoms with Crippen LogP contribution < -0.4 is 31.6 Å². The third-order valence-electron chi connectivity index (χ3n) is 10.4. The molecule has 2 amide bonds. The van der Waals surface area contributed by atoms with Crippen LogP contribution >= 0.6 is 34.8 Å². The van der Waals surface area contributed by atoms with Crippen LogP contribution in [0.15, 0.2) is 83.9 Å². The first-order valence-electron chi connectivity index (χ1n) is 18.4. The fraction of sp³-hybridized carbons (Fsp3) is 0.262. The molecule has 2 aliphatic heterocycles. The first kappa shape index (κ1) is 37.9. The van der Waals surface area contributed by atoms with Gasteiger partial charge in [-0.05, 0) is 48.7 Å². The van der Waals surface area contributed by atoms with Crippen LogP contribution in [-0.2, 0) is 22.7 Å². The number of nitrogens with zero attached hydrogens (tertiary/aromatic N) is 3. The molecule has 4 N–H and O–H groups in total. The van der Waals surface area contributed by atoms with Gasteiger partial charge in [-0.15, -0.1) is 0 Å². The average Bonchev–Trinajstić information content (AvgIpc) is 3.82. The Hall–Kier alpha value is -5.04. The molecule has 3 aromatic heterocycles. The van der Waals surface area contributed by atoms with E-state index in [9.17, 15) is 14.4 Å². The van der Waals surface area contributed by atoms with Gasteiger partial charge in [0.1, 0.15) is 11.4 Å². The third kappa shape index (κ3) is 7.57. The van der Waals surface area contributed by atoms with Gasteiger partial charge in [-0.25, -0.2) is 9.97 Å². The molecular formula is C42H38Cl3N7O4. The van der Waals surface area contributed by atoms with Crippen molar-refractivity contribution in [1.82, 2.24) is 35.6 Å². The van der Waals surface area contributed by atoms with E-state index in [0.717, 1.165) is 46.0 Å². The van der Waals surface area contributed by atoms with Crippen molar-refractivity contribution in [2.45, 2.75) is 50.9 Å². The Balaban J connectivity index is 1.04. The Kier molecular flexibility index (Phi) is 11.0. The summed E-state index contributed by atoms with van der Waals surface area (Å²) in [5.74, 6) is 0.814. The lowest BCUT2D eigenvalue weighted by Crippen LogP contribution is -2.36. The highest BCUT2D eigenvalue weighted by atomic mass is 35.5. The molecule has 0 saturated carbocycles. The van der Waals surface area contributed by atoms with Crippen molar-refractivity contribution in [1.29, 1.82) is 0 Å². The molecule has 286 valence electrons. The van der Waals surface area contributed by atoms with E-state index in [1.54, 1.807) is 19.5 Å². The summed E-state index contributed by atoms with van der Waals surface area (Å²) in [5.41, 5.74) is 6.67. The van der Waals surface area contributed by atoms with Gasteiger partial charge >= 0.3 is 0 Å². The summed E-state index contributed by atoms with van der Waals surface area (Å²) in [5, 5.41) is 14.8. The molecule has 2 fully saturated rings. The van der Waals surface area contributed by atoms with E-state index in [2.05, 4.69) is 26.3 Å². The molecule has 0 unspecified atom stereocenters. The molecule has 5 heterocycles. The standard InChI is InChI=1S/C42H38Cl3N7O4/c1-56-41-24(18-46-21-26-8-12-36(53)49-26)16-33(43)40-32(41)10-11-34(51-40)31-7-3-6-30(39(31)45)29-5-2-4-28(38(29)44)23-14-15-52-35(17-23)48-20-25(42(52)55)19-47-22-27-9-13-37(54)50-27/h2-7,10-11,14-17,20,26-27,46-47H,8-9,12-13,18-19,21-22H2,1H3,(H,49,53)(H,50,54)/t26-,27-/m0/s1. The van der Waals surface area contributed by atoms with E-state index in [-0.39, 0.29) is 29.5 Å². The van der Waals surface area contributed by atoms with Gasteiger partial charge in [-0.2, -0.15) is 0 Å². The SMILES string of the molecule is COc1c(CNC[C@@H]2CCC(=O)N2)cc(Cl)c2nc(-c3cccc(-c4cccc(-c5ccn6c(=O)c(CNC[C@@H]7CCC(=O)N7)cnc6c5)c4Cl)c3Cl)ccc12. The minimum atomic E-state index is -0.167. The second-order valence-corrected chi connectivity index (χ2v) is 15.2. The minimum Gasteiger partial charge on any atom is -0.496 e. The molecule has 6 aromatic rings. The zero-order chi connectivity index (χ0) is 38.9. The maximum Gasteiger partial charge on any atom is 0.262 e. The number of fused-ring (bicyclic) bond motifs is 2. The van der Waals surface area contributed by atoms with Crippen molar-refractivity contribution in [3.8, 4) is 39.3 Å². The van der Waals surface area contributed by atoms with Crippen LogP contribution in [0.1, 0.15) is 36.8 Å². The maximum absolute atomic E-state index is 13.3. The molecule has 14 heteroatoms. The van der Waals surface area contributed by atoms with Gasteiger partial charge in [0.25, 0.3) is 5.56 Å². The lowest BCUT2D eigenvalue weighted by atomic mass is 9.97. The zero-order valence-corrected chi connectivity index (χ0v) is 32.7. The Morgan fingerprint density at radius 2 is 1.41 bits per heavy atom. The number of amides is 2. The fourth-order valence-electron chi connectivity index (χ4n) is 7.53. The summed E-state index contributed by atoms with van der Waals surface area (Å²) in [7, 11) is 1.63. The van der Waals surface area contributed by atoms with Gasteiger partial charge in [0.15, 0.2) is 0 Å². The largest absolute Gasteiger partial charge is 0.496 e. The van der Waals surface area contributed by atoms with Crippen LogP contribution in [0.25, 0.3) is 50.1 Å². The number of hydrogen-bond acceptors (Lipinski definition) is 8. The number of benzene rings is 3. The van der Waals surface area contributed by atoms with E-state index in [0.29, 0.717) is 87.8 Å². The molecule has 0 bridgehead atoms. The number of ether oxygens (including phenoxy) is 1. The minimum absolute atomic E-state index is 0.0571. The summed E-state index contributed by atoms with van der Waals surface area (Å²) in [6.07, 6.45) is 5.97. The van der Waals surface area contributed by atoms with Gasteiger partial charge in [-0.3, -0.25) is 18.8 Å². The summed E-state index contributed by atoms with van der Waals surface area (Å²) >= 11 is 21.2. The number of carbonyl (C=O) groups excluding carboxylic acids is 2. The van der Waals surface area contributed by atoms with E-state index in [1.807, 2.05) is 66.7 Å². The molecule has 11 nitrogen and oxygen atoms in total. The molecular weight excluding hydrogens is 773 g/mol. The van der Waals surface area contributed by atoms with E-state index < -0.39 is 0 Å². The second kappa shape index (κ2) is 16.2. The van der Waals surface area contributed by atoms with Crippen molar-refractivity contribution < 1.29 is 14.3 Å². The zero-order valence-electron chi connectivity index (χ0n) is 30.4. The predicted octanol–water partition coefficient (Wildman–Crippen LogP) is 6.95. The normalized spacial score (nSPS) is 16.8. The summed E-state index contributed by atoms with van der Waals surface area (Å²) in [4.78, 5) is 45.9. The third-order valence-corrected chi connectivity index (χ3v) is 11.5. The number of methoxy groups -OCH3 is 1. The first-order valence-corrected chi connectivity index (χ1v) is 19.6. The molecule has 3 aromatic carbocycles. The molecule has 2 saturated heterocycles. The van der Waals surface area contributed by atoms with Crippen molar-refractivity contribution in [3.05, 3.63) is 116 Å². The van der Waals surface area contributed by atoms with Crippen LogP contribution in [0.4, 0.5) is 0 Å². The molecule has 56 heavy (non-hydrogen) atoms. The lowest BCUT2D eigenvalue weighted by Gasteiger charge is -2.17. The van der Waals surface area contributed by atoms with E-state index >= 15 is 0 Å². The Labute approximate surface area is 337 Å². The number of aromatic nitrogens is 3. The summed E-state index contributed by atoms with van der Waals surface area (Å²) in [6, 6.07) is 21.1. The number of hydrogen-bond donors (Lipinski definition) is 4. The molecule has 8 rings (SSSR count). The lowest BCUT2D eigenvalue weighted by molar-refractivity contribution is -0.120. The number of nitrogens with one attached hydrogen (secondary N) is 4. The fourth-order valence-corrected chi connectivity index (χ4v) is 8.47. The van der Waals surface area contributed by atoms with Crippen molar-refractivity contribution in [2.24, 2.45) is 0 Å². The highest BCUT2D eigenvalue weighted by molar-refractivity contribution is 6.39. The summed E-state index contributed by atoms with van der Waals surface area (Å²) in [6.45, 7) is 2.09. The molecule has 2 aliphatic rings. The van der Waals surface area contributed by atoms with Crippen molar-refractivity contribution in [2.75, 3.05) is 20.2 Å². The quantitative estimate of drug-likeness (QED) is 0.104. The predicted molar refractivity (Wildman–Crippen MR) is 220 cm³/mol. The highest BCUT2D eigenvalue weighted by Gasteiger charge is 2.23. The molecule has 0 radical (unpaired) electrons. The average molecular weight is 811 g/mol. The van der Waals surface area contributed by atoms with Crippen molar-refractivity contribution in [3.63, 3.8) is 0 Å². The molecule has 2 atom stereocenters. The van der Waals surface area contributed by atoms with E-state index in [4.69, 9.17) is 44.5 Å². The molecule has 0 aliphatic carbocycles. The van der Waals surface area contributed by atoms with Gasteiger partial charge in [-0.1, -0.05) is 71.2 Å². The first-order chi connectivity index (χ1) is 27.2. The number of carbonyl (C=O) groups is 2. The van der Waals surface area contributed by atoms with E-state index in [1.165, 1.54) is 4.40 Å². The second-order valence-electron chi connectivity index (χ2n) is 14.1. The highest BCUT2D eigenvalue weighted by Crippen LogP contribution is 2.43. The Morgan fingerprint density at radius 1 is 0.786 bits per heavy atom. The van der Waals surface area contributed by atoms with Gasteiger partial charge in [0, 0.05) is 102 Å². The summed E-state index contributed by atoms with van der Waals surface area (Å²) < 4.78 is 7.36. The Bertz CT molecular complexity index is 2580. The van der Waals surface area contributed by atoms with Crippen LogP contribution in [-0.4, -0.2) is 58.5 Å². The van der Waals surface area contributed by atoms with Gasteiger partial charge < -0.3 is 26.0 Å². The number of pyridine rings is 2. The van der Waals surface area contributed by atoms with Crippen LogP contribution in [0.3, 0.4) is 0 Å².